The first-order valence-corrected chi connectivity index (χ1v) is 7.00. The molecule has 0 unspecified atom stereocenters. The Kier molecular flexibility index (Phi) is 5.04. The summed E-state index contributed by atoms with van der Waals surface area (Å²) in [7, 11) is 0. The van der Waals surface area contributed by atoms with Crippen LogP contribution in [-0.4, -0.2) is 37.6 Å². The third-order valence-corrected chi connectivity index (χ3v) is 3.17. The summed E-state index contributed by atoms with van der Waals surface area (Å²) in [6.45, 7) is 4.51. The van der Waals surface area contributed by atoms with Crippen molar-refractivity contribution in [1.29, 1.82) is 0 Å². The second-order valence-corrected chi connectivity index (χ2v) is 5.01. The van der Waals surface area contributed by atoms with Crippen molar-refractivity contribution in [2.24, 2.45) is 5.73 Å². The Labute approximate surface area is 123 Å². The van der Waals surface area contributed by atoms with Gasteiger partial charge in [-0.15, -0.1) is 5.10 Å². The fourth-order valence-corrected chi connectivity index (χ4v) is 2.04. The van der Waals surface area contributed by atoms with Crippen LogP contribution in [0.15, 0.2) is 6.20 Å². The summed E-state index contributed by atoms with van der Waals surface area (Å²) in [5.41, 5.74) is 8.66. The van der Waals surface area contributed by atoms with E-state index in [4.69, 9.17) is 5.73 Å². The van der Waals surface area contributed by atoms with Gasteiger partial charge in [0.25, 0.3) is 0 Å². The minimum Gasteiger partial charge on any atom is -0.330 e. The van der Waals surface area contributed by atoms with Crippen LogP contribution < -0.4 is 11.1 Å². The van der Waals surface area contributed by atoms with Gasteiger partial charge in [-0.05, 0) is 39.7 Å². The first kappa shape index (κ1) is 15.2. The molecule has 8 heteroatoms. The number of nitrogens with one attached hydrogen (secondary N) is 2. The van der Waals surface area contributed by atoms with Crippen molar-refractivity contribution >= 4 is 11.6 Å². The summed E-state index contributed by atoms with van der Waals surface area (Å²) in [4.78, 5) is 12.0. The summed E-state index contributed by atoms with van der Waals surface area (Å²) in [5.74, 6) is -0.152. The Morgan fingerprint density at radius 3 is 2.90 bits per heavy atom. The molecule has 1 amide bonds. The fraction of sp³-hybridized carbons (Fsp3) is 0.538. The molecule has 0 aliphatic rings. The summed E-state index contributed by atoms with van der Waals surface area (Å²) < 4.78 is 1.54. The number of anilines is 1. The molecule has 0 radical (unpaired) electrons. The van der Waals surface area contributed by atoms with Crippen molar-refractivity contribution in [3.8, 4) is 0 Å². The van der Waals surface area contributed by atoms with Gasteiger partial charge in [0.2, 0.25) is 5.91 Å². The molecule has 0 bridgehead atoms. The smallest absolute Gasteiger partial charge is 0.246 e. The van der Waals surface area contributed by atoms with Gasteiger partial charge in [-0.3, -0.25) is 9.89 Å². The van der Waals surface area contributed by atoms with E-state index < -0.39 is 0 Å². The van der Waals surface area contributed by atoms with Crippen LogP contribution in [0.25, 0.3) is 0 Å². The number of aromatic nitrogens is 5. The number of rotatable bonds is 7. The highest BCUT2D eigenvalue weighted by molar-refractivity contribution is 5.91. The Morgan fingerprint density at radius 1 is 1.43 bits per heavy atom. The molecule has 21 heavy (non-hydrogen) atoms. The lowest BCUT2D eigenvalue weighted by Crippen LogP contribution is -2.19. The highest BCUT2D eigenvalue weighted by Gasteiger charge is 2.11. The molecule has 0 aliphatic carbocycles. The molecule has 8 nitrogen and oxygen atoms in total. The zero-order chi connectivity index (χ0) is 15.2. The number of nitrogens with zero attached hydrogens (tertiary/aromatic N) is 4. The van der Waals surface area contributed by atoms with E-state index in [1.54, 1.807) is 6.20 Å². The standard InChI is InChI=1S/C13H21N7O/c1-9-13(10(2)17-16-9)15-12(21)8-20-7-11(18-19-20)5-3-4-6-14/h7H,3-6,8,14H2,1-2H3,(H,15,21)(H,16,17). The Hall–Kier alpha value is -2.22. The van der Waals surface area contributed by atoms with E-state index in [2.05, 4.69) is 25.8 Å². The van der Waals surface area contributed by atoms with Gasteiger partial charge in [0.05, 0.1) is 22.8 Å². The Balaban J connectivity index is 1.88. The van der Waals surface area contributed by atoms with Crippen molar-refractivity contribution in [1.82, 2.24) is 25.2 Å². The molecule has 2 aromatic heterocycles. The minimum absolute atomic E-state index is 0.133. The highest BCUT2D eigenvalue weighted by Crippen LogP contribution is 2.15. The lowest BCUT2D eigenvalue weighted by atomic mass is 10.2. The molecular formula is C13H21N7O. The molecule has 2 aromatic rings. The molecule has 0 saturated carbocycles. The maximum atomic E-state index is 12.0. The van der Waals surface area contributed by atoms with Crippen molar-refractivity contribution in [3.05, 3.63) is 23.3 Å². The average Bonchev–Trinajstić information content (AvgIpc) is 3.01. The van der Waals surface area contributed by atoms with Crippen LogP contribution in [0.4, 0.5) is 5.69 Å². The monoisotopic (exact) mass is 291 g/mol. The van der Waals surface area contributed by atoms with Gasteiger partial charge < -0.3 is 11.1 Å². The third-order valence-electron chi connectivity index (χ3n) is 3.17. The van der Waals surface area contributed by atoms with Gasteiger partial charge in [0.15, 0.2) is 0 Å². The fourth-order valence-electron chi connectivity index (χ4n) is 2.04. The maximum Gasteiger partial charge on any atom is 0.246 e. The summed E-state index contributed by atoms with van der Waals surface area (Å²) >= 11 is 0. The van der Waals surface area contributed by atoms with Crippen molar-refractivity contribution in [3.63, 3.8) is 0 Å². The number of H-pyrrole nitrogens is 1. The normalized spacial score (nSPS) is 10.8. The van der Waals surface area contributed by atoms with Gasteiger partial charge in [-0.2, -0.15) is 5.10 Å². The predicted molar refractivity (Wildman–Crippen MR) is 78.7 cm³/mol. The van der Waals surface area contributed by atoms with Crippen LogP contribution in [0.2, 0.25) is 0 Å². The van der Waals surface area contributed by atoms with Crippen LogP contribution >= 0.6 is 0 Å². The van der Waals surface area contributed by atoms with Crippen LogP contribution in [-0.2, 0) is 17.8 Å². The topological polar surface area (TPSA) is 115 Å². The van der Waals surface area contributed by atoms with Gasteiger partial charge in [0.1, 0.15) is 6.54 Å². The first-order valence-electron chi connectivity index (χ1n) is 7.00. The summed E-state index contributed by atoms with van der Waals surface area (Å²) in [5, 5.41) is 17.7. The molecule has 4 N–H and O–H groups in total. The molecule has 0 fully saturated rings. The number of carbonyl (C=O) groups is 1. The lowest BCUT2D eigenvalue weighted by Gasteiger charge is -2.04. The van der Waals surface area contributed by atoms with E-state index in [-0.39, 0.29) is 12.5 Å². The highest BCUT2D eigenvalue weighted by atomic mass is 16.2. The minimum atomic E-state index is -0.152. The molecule has 2 rings (SSSR count). The molecule has 0 saturated heterocycles. The van der Waals surface area contributed by atoms with E-state index >= 15 is 0 Å². The molecule has 0 spiro atoms. The van der Waals surface area contributed by atoms with Gasteiger partial charge in [-0.25, -0.2) is 4.68 Å². The average molecular weight is 291 g/mol. The Morgan fingerprint density at radius 2 is 2.24 bits per heavy atom. The predicted octanol–water partition coefficient (Wildman–Crippen LogP) is 0.538. The molecule has 114 valence electrons. The Bertz CT molecular complexity index is 582. The third kappa shape index (κ3) is 4.12. The molecule has 2 heterocycles. The molecule has 0 aromatic carbocycles. The zero-order valence-electron chi connectivity index (χ0n) is 12.4. The maximum absolute atomic E-state index is 12.0. The lowest BCUT2D eigenvalue weighted by molar-refractivity contribution is -0.116. The number of hydrogen-bond acceptors (Lipinski definition) is 5. The van der Waals surface area contributed by atoms with Crippen LogP contribution in [0.5, 0.6) is 0 Å². The van der Waals surface area contributed by atoms with E-state index in [0.29, 0.717) is 6.54 Å². The van der Waals surface area contributed by atoms with E-state index in [1.165, 1.54) is 4.68 Å². The van der Waals surface area contributed by atoms with Gasteiger partial charge >= 0.3 is 0 Å². The van der Waals surface area contributed by atoms with E-state index in [1.807, 2.05) is 13.8 Å². The number of hydrogen-bond donors (Lipinski definition) is 3. The van der Waals surface area contributed by atoms with Crippen molar-refractivity contribution in [2.45, 2.75) is 39.7 Å². The number of carbonyl (C=O) groups excluding carboxylic acids is 1. The number of nitrogens with two attached hydrogens (primary N) is 1. The van der Waals surface area contributed by atoms with Gasteiger partial charge in [-0.1, -0.05) is 5.21 Å². The summed E-state index contributed by atoms with van der Waals surface area (Å²) in [6, 6.07) is 0. The summed E-state index contributed by atoms with van der Waals surface area (Å²) in [6.07, 6.45) is 4.57. The second-order valence-electron chi connectivity index (χ2n) is 5.01. The van der Waals surface area contributed by atoms with Crippen molar-refractivity contribution < 1.29 is 4.79 Å². The number of aryl methyl sites for hydroxylation is 3. The van der Waals surface area contributed by atoms with Crippen molar-refractivity contribution in [2.75, 3.05) is 11.9 Å². The van der Waals surface area contributed by atoms with E-state index in [9.17, 15) is 4.79 Å². The van der Waals surface area contributed by atoms with Crippen LogP contribution in [0.1, 0.15) is 29.9 Å². The molecular weight excluding hydrogens is 270 g/mol. The molecule has 0 aliphatic heterocycles. The number of unbranched alkanes of at least 4 members (excludes halogenated alkanes) is 1. The number of amides is 1. The number of aromatic amines is 1. The first-order chi connectivity index (χ1) is 10.1. The largest absolute Gasteiger partial charge is 0.330 e. The van der Waals surface area contributed by atoms with Gasteiger partial charge in [0, 0.05) is 6.20 Å². The molecule has 0 atom stereocenters. The van der Waals surface area contributed by atoms with E-state index in [0.717, 1.165) is 42.0 Å². The SMILES string of the molecule is Cc1n[nH]c(C)c1NC(=O)Cn1cc(CCCCN)nn1. The van der Waals surface area contributed by atoms with Crippen LogP contribution in [0.3, 0.4) is 0 Å². The quantitative estimate of drug-likeness (QED) is 0.644. The second kappa shape index (κ2) is 6.98. The zero-order valence-corrected chi connectivity index (χ0v) is 12.4. The van der Waals surface area contributed by atoms with Crippen LogP contribution in [0, 0.1) is 13.8 Å².